The molecule has 0 aromatic rings. The van der Waals surface area contributed by atoms with Crippen LogP contribution in [0, 0.1) is 5.41 Å². The number of allylic oxidation sites excluding steroid dienone is 2. The average Bonchev–Trinajstić information content (AvgIpc) is 2.33. The molecule has 0 spiro atoms. The summed E-state index contributed by atoms with van der Waals surface area (Å²) in [7, 11) is 2.28. The molecule has 0 aliphatic heterocycles. The van der Waals surface area contributed by atoms with Crippen LogP contribution in [-0.4, -0.2) is 30.1 Å². The third-order valence-electron chi connectivity index (χ3n) is 4.14. The summed E-state index contributed by atoms with van der Waals surface area (Å²) in [5, 5.41) is 3.37. The molecule has 0 aliphatic rings. The first-order valence-corrected chi connectivity index (χ1v) is 8.76. The largest absolute Gasteiger partial charge is 0.386 e. The fraction of sp³-hybridized carbons (Fsp3) is 0.800. The summed E-state index contributed by atoms with van der Waals surface area (Å²) in [6, 6.07) is 0.652. The van der Waals surface area contributed by atoms with Crippen LogP contribution < -0.4 is 5.32 Å². The van der Waals surface area contributed by atoms with E-state index in [4.69, 9.17) is 0 Å². The number of rotatable bonds is 9. The smallest absolute Gasteiger partial charge is 0.0263 e. The maximum Gasteiger partial charge on any atom is 0.0263 e. The molecule has 2 nitrogen and oxygen atoms in total. The van der Waals surface area contributed by atoms with Crippen molar-refractivity contribution in [1.29, 1.82) is 0 Å². The van der Waals surface area contributed by atoms with Crippen molar-refractivity contribution in [2.45, 2.75) is 85.7 Å². The number of nitrogens with zero attached hydrogens (tertiary/aromatic N) is 1. The van der Waals surface area contributed by atoms with E-state index in [-0.39, 0.29) is 5.54 Å². The van der Waals surface area contributed by atoms with Crippen LogP contribution in [0.1, 0.15) is 74.1 Å². The normalized spacial score (nSPS) is 14.6. The van der Waals surface area contributed by atoms with Gasteiger partial charge in [-0.1, -0.05) is 39.8 Å². The minimum Gasteiger partial charge on any atom is -0.386 e. The molecule has 0 rings (SSSR count). The van der Waals surface area contributed by atoms with Crippen molar-refractivity contribution in [2.24, 2.45) is 5.41 Å². The molecule has 0 heterocycles. The first-order valence-electron chi connectivity index (χ1n) is 8.76. The average molecular weight is 309 g/mol. The standard InChI is InChI=1S/C20H40N2/c1-10-13-17(2)21-15-12-11-14-18(16-19(3,4)5)22(9)20(6,7)8/h10,13,18,21H,2,11-12,14-16H2,1,3-9H3/b13-10+. The minimum atomic E-state index is 0.231. The lowest BCUT2D eigenvalue weighted by atomic mass is 9.84. The molecule has 0 fully saturated rings. The number of hydrogen-bond acceptors (Lipinski definition) is 2. The minimum absolute atomic E-state index is 0.231. The Morgan fingerprint density at radius 2 is 1.73 bits per heavy atom. The molecule has 2 heteroatoms. The molecular weight excluding hydrogens is 268 g/mol. The van der Waals surface area contributed by atoms with E-state index < -0.39 is 0 Å². The first kappa shape index (κ1) is 21.2. The predicted octanol–water partition coefficient (Wildman–Crippen LogP) is 5.37. The molecule has 0 aliphatic carbocycles. The van der Waals surface area contributed by atoms with Crippen LogP contribution in [0.25, 0.3) is 0 Å². The van der Waals surface area contributed by atoms with E-state index >= 15 is 0 Å². The zero-order chi connectivity index (χ0) is 17.4. The maximum atomic E-state index is 3.98. The molecule has 0 bridgehead atoms. The van der Waals surface area contributed by atoms with Gasteiger partial charge in [0.05, 0.1) is 0 Å². The Morgan fingerprint density at radius 1 is 1.14 bits per heavy atom. The van der Waals surface area contributed by atoms with Crippen molar-refractivity contribution in [3.8, 4) is 0 Å². The number of nitrogens with one attached hydrogen (secondary N) is 1. The van der Waals surface area contributed by atoms with E-state index in [0.717, 1.165) is 12.2 Å². The zero-order valence-electron chi connectivity index (χ0n) is 16.4. The third kappa shape index (κ3) is 10.0. The van der Waals surface area contributed by atoms with Gasteiger partial charge in [-0.3, -0.25) is 4.90 Å². The molecule has 0 radical (unpaired) electrons. The fourth-order valence-corrected chi connectivity index (χ4v) is 2.70. The van der Waals surface area contributed by atoms with E-state index in [2.05, 4.69) is 65.4 Å². The van der Waals surface area contributed by atoms with Crippen LogP contribution >= 0.6 is 0 Å². The first-order chi connectivity index (χ1) is 9.97. The van der Waals surface area contributed by atoms with E-state index in [1.807, 2.05) is 19.1 Å². The summed E-state index contributed by atoms with van der Waals surface area (Å²) in [6.07, 6.45) is 9.03. The maximum absolute atomic E-state index is 3.98. The zero-order valence-corrected chi connectivity index (χ0v) is 16.4. The van der Waals surface area contributed by atoms with E-state index in [1.54, 1.807) is 0 Å². The van der Waals surface area contributed by atoms with Gasteiger partial charge in [0.25, 0.3) is 0 Å². The number of hydrogen-bond donors (Lipinski definition) is 1. The Kier molecular flexibility index (Phi) is 9.07. The molecule has 1 atom stereocenters. The SMILES string of the molecule is C=C(/C=C/C)NCCCCC(CC(C)(C)C)N(C)C(C)(C)C. The Balaban J connectivity index is 4.34. The lowest BCUT2D eigenvalue weighted by Crippen LogP contribution is -2.46. The molecule has 1 unspecified atom stereocenters. The molecular formula is C20H40N2. The van der Waals surface area contributed by atoms with Gasteiger partial charge >= 0.3 is 0 Å². The van der Waals surface area contributed by atoms with Gasteiger partial charge in [0.1, 0.15) is 0 Å². The Labute approximate surface area is 140 Å². The van der Waals surface area contributed by atoms with Crippen LogP contribution in [0.4, 0.5) is 0 Å². The summed E-state index contributed by atoms with van der Waals surface area (Å²) >= 11 is 0. The second-order valence-electron chi connectivity index (χ2n) is 8.65. The molecule has 1 N–H and O–H groups in total. The summed E-state index contributed by atoms with van der Waals surface area (Å²) < 4.78 is 0. The highest BCUT2D eigenvalue weighted by Gasteiger charge is 2.28. The van der Waals surface area contributed by atoms with Crippen molar-refractivity contribution >= 4 is 0 Å². The second-order valence-corrected chi connectivity index (χ2v) is 8.65. The lowest BCUT2D eigenvalue weighted by Gasteiger charge is -2.41. The highest BCUT2D eigenvalue weighted by atomic mass is 15.2. The van der Waals surface area contributed by atoms with E-state index in [1.165, 1.54) is 25.7 Å². The number of unbranched alkanes of at least 4 members (excludes halogenated alkanes) is 1. The van der Waals surface area contributed by atoms with E-state index in [9.17, 15) is 0 Å². The Bertz CT molecular complexity index is 342. The van der Waals surface area contributed by atoms with Crippen LogP contribution in [0.3, 0.4) is 0 Å². The van der Waals surface area contributed by atoms with Gasteiger partial charge in [-0.05, 0) is 65.5 Å². The van der Waals surface area contributed by atoms with Crippen molar-refractivity contribution in [2.75, 3.05) is 13.6 Å². The van der Waals surface area contributed by atoms with Gasteiger partial charge in [-0.15, -0.1) is 0 Å². The molecule has 0 saturated heterocycles. The molecule has 130 valence electrons. The van der Waals surface area contributed by atoms with Gasteiger partial charge in [0.15, 0.2) is 0 Å². The van der Waals surface area contributed by atoms with Crippen LogP contribution in [0.5, 0.6) is 0 Å². The fourth-order valence-electron chi connectivity index (χ4n) is 2.70. The van der Waals surface area contributed by atoms with Crippen molar-refractivity contribution in [1.82, 2.24) is 10.2 Å². The topological polar surface area (TPSA) is 15.3 Å². The lowest BCUT2D eigenvalue weighted by molar-refractivity contribution is 0.0804. The second kappa shape index (κ2) is 9.39. The predicted molar refractivity (Wildman–Crippen MR) is 101 cm³/mol. The highest BCUT2D eigenvalue weighted by molar-refractivity contribution is 5.10. The molecule has 0 amide bonds. The summed E-state index contributed by atoms with van der Waals surface area (Å²) in [4.78, 5) is 2.56. The van der Waals surface area contributed by atoms with Crippen molar-refractivity contribution < 1.29 is 0 Å². The van der Waals surface area contributed by atoms with Gasteiger partial charge in [0.2, 0.25) is 0 Å². The molecule has 0 aromatic carbocycles. The Hall–Kier alpha value is -0.760. The van der Waals surface area contributed by atoms with Crippen LogP contribution in [-0.2, 0) is 0 Å². The quantitative estimate of drug-likeness (QED) is 0.455. The van der Waals surface area contributed by atoms with Gasteiger partial charge < -0.3 is 5.32 Å². The van der Waals surface area contributed by atoms with Gasteiger partial charge in [-0.2, -0.15) is 0 Å². The molecule has 0 saturated carbocycles. The summed E-state index contributed by atoms with van der Waals surface area (Å²) in [5.74, 6) is 0. The molecule has 0 aromatic heterocycles. The monoisotopic (exact) mass is 308 g/mol. The van der Waals surface area contributed by atoms with Crippen LogP contribution in [0.15, 0.2) is 24.4 Å². The third-order valence-corrected chi connectivity index (χ3v) is 4.14. The van der Waals surface area contributed by atoms with Gasteiger partial charge in [0, 0.05) is 23.8 Å². The Morgan fingerprint density at radius 3 is 2.18 bits per heavy atom. The van der Waals surface area contributed by atoms with Crippen molar-refractivity contribution in [3.63, 3.8) is 0 Å². The molecule has 22 heavy (non-hydrogen) atoms. The van der Waals surface area contributed by atoms with Crippen molar-refractivity contribution in [3.05, 3.63) is 24.4 Å². The van der Waals surface area contributed by atoms with Crippen LogP contribution in [0.2, 0.25) is 0 Å². The highest BCUT2D eigenvalue weighted by Crippen LogP contribution is 2.29. The summed E-state index contributed by atoms with van der Waals surface area (Å²) in [6.45, 7) is 21.0. The summed E-state index contributed by atoms with van der Waals surface area (Å²) in [5.41, 5.74) is 1.62. The van der Waals surface area contributed by atoms with E-state index in [0.29, 0.717) is 11.5 Å². The van der Waals surface area contributed by atoms with Gasteiger partial charge in [-0.25, -0.2) is 0 Å².